The van der Waals surface area contributed by atoms with Crippen LogP contribution in [0.2, 0.25) is 0 Å². The van der Waals surface area contributed by atoms with Gasteiger partial charge >= 0.3 is 0 Å². The second-order valence-corrected chi connectivity index (χ2v) is 4.34. The van der Waals surface area contributed by atoms with Gasteiger partial charge < -0.3 is 4.98 Å². The third-order valence-electron chi connectivity index (χ3n) is 2.74. The van der Waals surface area contributed by atoms with Crippen molar-refractivity contribution >= 4 is 12.2 Å². The summed E-state index contributed by atoms with van der Waals surface area (Å²) in [5, 5.41) is 0. The van der Waals surface area contributed by atoms with Crippen molar-refractivity contribution in [2.24, 2.45) is 0 Å². The van der Waals surface area contributed by atoms with Crippen LogP contribution in [0.1, 0.15) is 24.8 Å². The minimum atomic E-state index is -0.0654. The number of piperidine rings is 1. The lowest BCUT2D eigenvalue weighted by molar-refractivity contribution is 0.220. The zero-order valence-electron chi connectivity index (χ0n) is 8.58. The number of likely N-dealkylation sites (tertiary alicyclic amines) is 1. The zero-order chi connectivity index (χ0) is 10.7. The number of aromatic amines is 2. The molecule has 1 fully saturated rings. The summed E-state index contributed by atoms with van der Waals surface area (Å²) in [4.78, 5) is 19.3. The Labute approximate surface area is 93.3 Å². The molecule has 2 rings (SSSR count). The van der Waals surface area contributed by atoms with E-state index in [2.05, 4.69) is 14.9 Å². The molecule has 82 valence electrons. The summed E-state index contributed by atoms with van der Waals surface area (Å²) in [5.41, 5.74) is 0.704. The molecule has 0 atom stereocenters. The number of rotatable bonds is 2. The molecule has 1 aromatic heterocycles. The first kappa shape index (κ1) is 10.6. The van der Waals surface area contributed by atoms with Gasteiger partial charge in [0.1, 0.15) is 0 Å². The average Bonchev–Trinajstić information content (AvgIpc) is 2.24. The minimum absolute atomic E-state index is 0.0654. The largest absolute Gasteiger partial charge is 0.338 e. The summed E-state index contributed by atoms with van der Waals surface area (Å²) in [7, 11) is 0. The van der Waals surface area contributed by atoms with Gasteiger partial charge in [0.25, 0.3) is 5.56 Å². The molecule has 0 saturated carbocycles. The van der Waals surface area contributed by atoms with Gasteiger partial charge in [-0.05, 0) is 38.1 Å². The smallest absolute Gasteiger partial charge is 0.256 e. The Bertz CT molecular complexity index is 431. The van der Waals surface area contributed by atoms with Crippen LogP contribution in [0.25, 0.3) is 0 Å². The summed E-state index contributed by atoms with van der Waals surface area (Å²) in [5.74, 6) is 0. The fourth-order valence-electron chi connectivity index (χ4n) is 1.91. The van der Waals surface area contributed by atoms with E-state index < -0.39 is 0 Å². The number of aromatic nitrogens is 2. The molecule has 1 aromatic rings. The lowest BCUT2D eigenvalue weighted by Gasteiger charge is -2.25. The highest BCUT2D eigenvalue weighted by Crippen LogP contribution is 2.10. The number of nitrogens with one attached hydrogen (secondary N) is 2. The van der Waals surface area contributed by atoms with Crippen LogP contribution in [0.15, 0.2) is 11.0 Å². The van der Waals surface area contributed by atoms with Crippen molar-refractivity contribution < 1.29 is 0 Å². The molecular weight excluding hydrogens is 210 g/mol. The molecule has 1 aliphatic rings. The fraction of sp³-hybridized carbons (Fsp3) is 0.600. The summed E-state index contributed by atoms with van der Waals surface area (Å²) in [6.07, 6.45) is 5.50. The van der Waals surface area contributed by atoms with Gasteiger partial charge in [0.15, 0.2) is 4.77 Å². The molecule has 2 N–H and O–H groups in total. The monoisotopic (exact) mass is 225 g/mol. The van der Waals surface area contributed by atoms with Crippen LogP contribution < -0.4 is 5.56 Å². The third-order valence-corrected chi connectivity index (χ3v) is 2.96. The molecule has 0 radical (unpaired) electrons. The quantitative estimate of drug-likeness (QED) is 0.748. The Hall–Kier alpha value is -0.940. The topological polar surface area (TPSA) is 51.9 Å². The van der Waals surface area contributed by atoms with Gasteiger partial charge in [-0.15, -0.1) is 0 Å². The molecule has 1 saturated heterocycles. The van der Waals surface area contributed by atoms with Gasteiger partial charge in [-0.1, -0.05) is 6.42 Å². The fourth-order valence-corrected chi connectivity index (χ4v) is 2.07. The molecule has 0 unspecified atom stereocenters. The van der Waals surface area contributed by atoms with Gasteiger partial charge in [-0.25, -0.2) is 0 Å². The standard InChI is InChI=1S/C10H15N3OS/c14-9-8(6-11-10(15)12-9)7-13-4-2-1-3-5-13/h6H,1-5,7H2,(H2,11,12,14,15). The van der Waals surface area contributed by atoms with Crippen molar-refractivity contribution in [2.45, 2.75) is 25.8 Å². The summed E-state index contributed by atoms with van der Waals surface area (Å²) >= 11 is 4.84. The normalized spacial score (nSPS) is 17.9. The molecule has 0 aliphatic carbocycles. The Kier molecular flexibility index (Phi) is 3.33. The number of nitrogens with zero attached hydrogens (tertiary/aromatic N) is 1. The maximum Gasteiger partial charge on any atom is 0.256 e. The van der Waals surface area contributed by atoms with Gasteiger partial charge in [-0.3, -0.25) is 14.7 Å². The Morgan fingerprint density at radius 2 is 2.07 bits per heavy atom. The maximum atomic E-state index is 11.5. The Morgan fingerprint density at radius 1 is 1.33 bits per heavy atom. The van der Waals surface area contributed by atoms with Crippen molar-refractivity contribution in [2.75, 3.05) is 13.1 Å². The van der Waals surface area contributed by atoms with Crippen LogP contribution in [0, 0.1) is 4.77 Å². The van der Waals surface area contributed by atoms with E-state index >= 15 is 0 Å². The van der Waals surface area contributed by atoms with Crippen molar-refractivity contribution in [3.8, 4) is 0 Å². The van der Waals surface area contributed by atoms with Crippen LogP contribution in [-0.2, 0) is 6.54 Å². The van der Waals surface area contributed by atoms with Crippen LogP contribution in [0.4, 0.5) is 0 Å². The summed E-state index contributed by atoms with van der Waals surface area (Å²) in [6.45, 7) is 2.91. The van der Waals surface area contributed by atoms with Crippen molar-refractivity contribution in [3.63, 3.8) is 0 Å². The van der Waals surface area contributed by atoms with Crippen molar-refractivity contribution in [1.82, 2.24) is 14.9 Å². The first-order chi connectivity index (χ1) is 7.25. The molecule has 15 heavy (non-hydrogen) atoms. The second-order valence-electron chi connectivity index (χ2n) is 3.93. The molecule has 0 aromatic carbocycles. The van der Waals surface area contributed by atoms with E-state index in [4.69, 9.17) is 12.2 Å². The molecule has 5 heteroatoms. The number of H-pyrrole nitrogens is 2. The van der Waals surface area contributed by atoms with Gasteiger partial charge in [0.2, 0.25) is 0 Å². The van der Waals surface area contributed by atoms with E-state index in [0.29, 0.717) is 4.77 Å². The highest BCUT2D eigenvalue weighted by molar-refractivity contribution is 7.71. The maximum absolute atomic E-state index is 11.5. The average molecular weight is 225 g/mol. The van der Waals surface area contributed by atoms with Crippen molar-refractivity contribution in [3.05, 3.63) is 26.9 Å². The van der Waals surface area contributed by atoms with E-state index in [-0.39, 0.29) is 5.56 Å². The first-order valence-corrected chi connectivity index (χ1v) is 5.70. The Morgan fingerprint density at radius 3 is 2.73 bits per heavy atom. The van der Waals surface area contributed by atoms with Crippen LogP contribution >= 0.6 is 12.2 Å². The Balaban J connectivity index is 2.09. The van der Waals surface area contributed by atoms with E-state index in [1.54, 1.807) is 6.20 Å². The third kappa shape index (κ3) is 2.76. The zero-order valence-corrected chi connectivity index (χ0v) is 9.40. The number of hydrogen-bond donors (Lipinski definition) is 2. The molecule has 0 amide bonds. The predicted octanol–water partition coefficient (Wildman–Crippen LogP) is 1.42. The highest BCUT2D eigenvalue weighted by Gasteiger charge is 2.11. The van der Waals surface area contributed by atoms with E-state index in [1.165, 1.54) is 19.3 Å². The summed E-state index contributed by atoms with van der Waals surface area (Å²) < 4.78 is 0.391. The summed E-state index contributed by atoms with van der Waals surface area (Å²) in [6, 6.07) is 0. The minimum Gasteiger partial charge on any atom is -0.338 e. The van der Waals surface area contributed by atoms with Crippen molar-refractivity contribution in [1.29, 1.82) is 0 Å². The molecule has 2 heterocycles. The lowest BCUT2D eigenvalue weighted by atomic mass is 10.1. The van der Waals surface area contributed by atoms with Gasteiger partial charge in [0, 0.05) is 18.3 Å². The van der Waals surface area contributed by atoms with Crippen LogP contribution in [0.5, 0.6) is 0 Å². The predicted molar refractivity (Wildman–Crippen MR) is 61.4 cm³/mol. The van der Waals surface area contributed by atoms with Gasteiger partial charge in [0.05, 0.1) is 0 Å². The molecular formula is C10H15N3OS. The van der Waals surface area contributed by atoms with Crippen LogP contribution in [0.3, 0.4) is 0 Å². The molecule has 4 nitrogen and oxygen atoms in total. The SMILES string of the molecule is O=c1[nH]c(=S)[nH]cc1CN1CCCCC1. The lowest BCUT2D eigenvalue weighted by Crippen LogP contribution is -2.31. The van der Waals surface area contributed by atoms with E-state index in [1.807, 2.05) is 0 Å². The second kappa shape index (κ2) is 4.72. The molecule has 1 aliphatic heterocycles. The molecule has 0 bridgehead atoms. The van der Waals surface area contributed by atoms with E-state index in [9.17, 15) is 4.79 Å². The van der Waals surface area contributed by atoms with Gasteiger partial charge in [-0.2, -0.15) is 0 Å². The van der Waals surface area contributed by atoms with E-state index in [0.717, 1.165) is 25.2 Å². The number of hydrogen-bond acceptors (Lipinski definition) is 3. The molecule has 0 spiro atoms. The van der Waals surface area contributed by atoms with Crippen LogP contribution in [-0.4, -0.2) is 28.0 Å². The first-order valence-electron chi connectivity index (χ1n) is 5.29. The highest BCUT2D eigenvalue weighted by atomic mass is 32.1.